The molecule has 0 aromatic heterocycles. The van der Waals surface area contributed by atoms with E-state index in [9.17, 15) is 8.78 Å². The minimum Gasteiger partial charge on any atom is -0.314 e. The molecule has 1 aliphatic heterocycles. The van der Waals surface area contributed by atoms with Crippen molar-refractivity contribution in [3.63, 3.8) is 0 Å². The van der Waals surface area contributed by atoms with Gasteiger partial charge in [0.25, 0.3) is 0 Å². The Labute approximate surface area is 121 Å². The molecular formula is C14H19BrF2N2. The number of aryl methyl sites for hydroxylation is 1. The lowest BCUT2D eigenvalue weighted by atomic mass is 10.00. The zero-order valence-corrected chi connectivity index (χ0v) is 12.6. The van der Waals surface area contributed by atoms with Crippen LogP contribution in [0, 0.1) is 6.92 Å². The summed E-state index contributed by atoms with van der Waals surface area (Å²) in [5.41, 5.74) is 2.10. The predicted octanol–water partition coefficient (Wildman–Crippen LogP) is 3.36. The van der Waals surface area contributed by atoms with Crippen molar-refractivity contribution in [3.8, 4) is 0 Å². The van der Waals surface area contributed by atoms with Gasteiger partial charge in [0.05, 0.1) is 0 Å². The van der Waals surface area contributed by atoms with Crippen molar-refractivity contribution in [3.05, 3.63) is 33.8 Å². The summed E-state index contributed by atoms with van der Waals surface area (Å²) in [5, 5.41) is 3.26. The Morgan fingerprint density at radius 1 is 1.32 bits per heavy atom. The van der Waals surface area contributed by atoms with E-state index in [1.165, 1.54) is 0 Å². The van der Waals surface area contributed by atoms with Gasteiger partial charge in [-0.3, -0.25) is 4.90 Å². The first kappa shape index (κ1) is 14.9. The van der Waals surface area contributed by atoms with Gasteiger partial charge in [0.1, 0.15) is 0 Å². The maximum atomic E-state index is 12.9. The van der Waals surface area contributed by atoms with Crippen LogP contribution in [0.1, 0.15) is 23.6 Å². The third kappa shape index (κ3) is 3.97. The van der Waals surface area contributed by atoms with Crippen LogP contribution in [0.2, 0.25) is 0 Å². The van der Waals surface area contributed by atoms with Crippen LogP contribution in [0.15, 0.2) is 22.7 Å². The molecule has 0 amide bonds. The van der Waals surface area contributed by atoms with Crippen LogP contribution < -0.4 is 5.32 Å². The van der Waals surface area contributed by atoms with Crippen LogP contribution in [-0.2, 0) is 0 Å². The third-order valence-electron chi connectivity index (χ3n) is 3.51. The summed E-state index contributed by atoms with van der Waals surface area (Å²) in [4.78, 5) is 2.15. The van der Waals surface area contributed by atoms with Gasteiger partial charge in [-0.2, -0.15) is 0 Å². The Kier molecular flexibility index (Phi) is 5.30. The molecule has 1 heterocycles. The molecule has 0 radical (unpaired) electrons. The molecule has 1 atom stereocenters. The third-order valence-corrected chi connectivity index (χ3v) is 4.20. The van der Waals surface area contributed by atoms with Crippen molar-refractivity contribution in [1.82, 2.24) is 10.2 Å². The molecule has 0 unspecified atom stereocenters. The molecule has 1 aliphatic rings. The number of hydrogen-bond acceptors (Lipinski definition) is 2. The molecule has 0 bridgehead atoms. The van der Waals surface area contributed by atoms with Crippen molar-refractivity contribution < 1.29 is 8.78 Å². The second kappa shape index (κ2) is 6.77. The van der Waals surface area contributed by atoms with Gasteiger partial charge in [0.2, 0.25) is 6.43 Å². The van der Waals surface area contributed by atoms with Crippen LogP contribution in [-0.4, -0.2) is 37.5 Å². The van der Waals surface area contributed by atoms with Gasteiger partial charge in [-0.25, -0.2) is 8.78 Å². The topological polar surface area (TPSA) is 15.3 Å². The fourth-order valence-corrected chi connectivity index (χ4v) is 3.30. The lowest BCUT2D eigenvalue weighted by Crippen LogP contribution is -2.45. The summed E-state index contributed by atoms with van der Waals surface area (Å²) in [7, 11) is 0. The fraction of sp³-hybridized carbons (Fsp3) is 0.571. The van der Waals surface area contributed by atoms with Crippen molar-refractivity contribution in [2.75, 3.05) is 26.2 Å². The second-order valence-electron chi connectivity index (χ2n) is 4.95. The molecule has 5 heteroatoms. The van der Waals surface area contributed by atoms with Gasteiger partial charge < -0.3 is 5.32 Å². The molecule has 0 spiro atoms. The van der Waals surface area contributed by atoms with Gasteiger partial charge in [-0.1, -0.05) is 28.1 Å². The summed E-state index contributed by atoms with van der Waals surface area (Å²) in [5.74, 6) is 0. The Morgan fingerprint density at radius 3 is 2.58 bits per heavy atom. The smallest absolute Gasteiger partial charge is 0.240 e. The maximum Gasteiger partial charge on any atom is 0.240 e. The van der Waals surface area contributed by atoms with Gasteiger partial charge in [0, 0.05) is 43.1 Å². The van der Waals surface area contributed by atoms with Crippen LogP contribution in [0.5, 0.6) is 0 Å². The molecule has 1 aromatic carbocycles. The summed E-state index contributed by atoms with van der Waals surface area (Å²) in [6.45, 7) is 5.36. The summed E-state index contributed by atoms with van der Waals surface area (Å²) >= 11 is 3.52. The van der Waals surface area contributed by atoms with Crippen LogP contribution in [0.3, 0.4) is 0 Å². The van der Waals surface area contributed by atoms with E-state index in [0.717, 1.165) is 41.8 Å². The SMILES string of the molecule is Cc1ccc([C@H](CC(F)F)N2CCNCC2)c(Br)c1. The number of piperazine rings is 1. The first-order valence-electron chi connectivity index (χ1n) is 6.57. The maximum absolute atomic E-state index is 12.9. The molecule has 106 valence electrons. The first-order valence-corrected chi connectivity index (χ1v) is 7.36. The average Bonchev–Trinajstić information content (AvgIpc) is 2.37. The van der Waals surface area contributed by atoms with E-state index in [0.29, 0.717) is 0 Å². The minimum atomic E-state index is -2.28. The quantitative estimate of drug-likeness (QED) is 0.909. The van der Waals surface area contributed by atoms with Crippen LogP contribution in [0.4, 0.5) is 8.78 Å². The number of benzene rings is 1. The fourth-order valence-electron chi connectivity index (χ4n) is 2.54. The normalized spacial score (nSPS) is 18.8. The van der Waals surface area contributed by atoms with Crippen molar-refractivity contribution in [2.24, 2.45) is 0 Å². The van der Waals surface area contributed by atoms with Gasteiger partial charge in [-0.15, -0.1) is 0 Å². The number of rotatable bonds is 4. The molecule has 1 aromatic rings. The molecule has 0 aliphatic carbocycles. The Balaban J connectivity index is 2.25. The van der Waals surface area contributed by atoms with E-state index in [-0.39, 0.29) is 12.5 Å². The molecule has 1 fully saturated rings. The van der Waals surface area contributed by atoms with E-state index < -0.39 is 6.43 Å². The molecule has 0 saturated carbocycles. The molecule has 2 nitrogen and oxygen atoms in total. The molecule has 1 N–H and O–H groups in total. The highest BCUT2D eigenvalue weighted by Gasteiger charge is 2.26. The van der Waals surface area contributed by atoms with Crippen molar-refractivity contribution >= 4 is 15.9 Å². The minimum absolute atomic E-state index is 0.109. The Morgan fingerprint density at radius 2 is 2.00 bits per heavy atom. The zero-order valence-electron chi connectivity index (χ0n) is 11.0. The number of nitrogens with one attached hydrogen (secondary N) is 1. The van der Waals surface area contributed by atoms with E-state index in [1.807, 2.05) is 25.1 Å². The predicted molar refractivity (Wildman–Crippen MR) is 76.7 cm³/mol. The second-order valence-corrected chi connectivity index (χ2v) is 5.81. The molecule has 2 rings (SSSR count). The van der Waals surface area contributed by atoms with Gasteiger partial charge >= 0.3 is 0 Å². The Bertz CT molecular complexity index is 420. The van der Waals surface area contributed by atoms with Crippen LogP contribution in [0.25, 0.3) is 0 Å². The number of alkyl halides is 2. The van der Waals surface area contributed by atoms with E-state index in [2.05, 4.69) is 26.1 Å². The van der Waals surface area contributed by atoms with E-state index >= 15 is 0 Å². The highest BCUT2D eigenvalue weighted by atomic mass is 79.9. The number of hydrogen-bond donors (Lipinski definition) is 1. The largest absolute Gasteiger partial charge is 0.314 e. The Hall–Kier alpha value is -0.520. The van der Waals surface area contributed by atoms with E-state index in [1.54, 1.807) is 0 Å². The number of nitrogens with zero attached hydrogens (tertiary/aromatic N) is 1. The summed E-state index contributed by atoms with van der Waals surface area (Å²) in [6.07, 6.45) is -2.39. The molecule has 19 heavy (non-hydrogen) atoms. The monoisotopic (exact) mass is 332 g/mol. The van der Waals surface area contributed by atoms with Crippen molar-refractivity contribution in [2.45, 2.75) is 25.8 Å². The standard InChI is InChI=1S/C14H19BrF2N2/c1-10-2-3-11(12(15)8-10)13(9-14(16)17)19-6-4-18-5-7-19/h2-3,8,13-14,18H,4-7,9H2,1H3/t13-/m0/s1. The average molecular weight is 333 g/mol. The summed E-state index contributed by atoms with van der Waals surface area (Å²) < 4.78 is 26.7. The lowest BCUT2D eigenvalue weighted by Gasteiger charge is -2.35. The lowest BCUT2D eigenvalue weighted by molar-refractivity contribution is 0.0736. The van der Waals surface area contributed by atoms with Crippen LogP contribution >= 0.6 is 15.9 Å². The highest BCUT2D eigenvalue weighted by molar-refractivity contribution is 9.10. The van der Waals surface area contributed by atoms with E-state index in [4.69, 9.17) is 0 Å². The first-order chi connectivity index (χ1) is 9.08. The summed E-state index contributed by atoms with van der Waals surface area (Å²) in [6, 6.07) is 5.74. The number of halogens is 3. The molecule has 1 saturated heterocycles. The zero-order chi connectivity index (χ0) is 13.8. The van der Waals surface area contributed by atoms with Crippen molar-refractivity contribution in [1.29, 1.82) is 0 Å². The van der Waals surface area contributed by atoms with Gasteiger partial charge in [-0.05, 0) is 24.1 Å². The van der Waals surface area contributed by atoms with Gasteiger partial charge in [0.15, 0.2) is 0 Å². The highest BCUT2D eigenvalue weighted by Crippen LogP contribution is 2.33. The molecular weight excluding hydrogens is 314 g/mol.